The molecule has 0 aliphatic rings. The quantitative estimate of drug-likeness (QED) is 0.781. The Labute approximate surface area is 132 Å². The van der Waals surface area contributed by atoms with E-state index in [4.69, 9.17) is 0 Å². The maximum Gasteiger partial charge on any atom is 0.417 e. The van der Waals surface area contributed by atoms with Crippen LogP contribution in [0.15, 0.2) is 24.0 Å². The topological polar surface area (TPSA) is 59.8 Å². The normalized spacial score (nSPS) is 11.9. The molecule has 0 aromatic carbocycles. The van der Waals surface area contributed by atoms with Gasteiger partial charge in [-0.05, 0) is 13.0 Å². The minimum Gasteiger partial charge on any atom is -0.355 e. The summed E-state index contributed by atoms with van der Waals surface area (Å²) in [6.45, 7) is 3.61. The van der Waals surface area contributed by atoms with Crippen LogP contribution in [0.5, 0.6) is 0 Å². The second-order valence-corrected chi connectivity index (χ2v) is 5.58. The van der Waals surface area contributed by atoms with E-state index < -0.39 is 17.6 Å². The third-order valence-electron chi connectivity index (χ3n) is 3.19. The number of nitrogens with one attached hydrogen (secondary N) is 1. The number of carbonyl (C=O) groups is 1. The molecule has 3 aromatic rings. The molecule has 1 N–H and O–H groups in total. The summed E-state index contributed by atoms with van der Waals surface area (Å²) in [5.41, 5.74) is -0.317. The summed E-state index contributed by atoms with van der Waals surface area (Å²) in [6.07, 6.45) is -1.78. The number of pyridine rings is 1. The molecule has 3 aromatic heterocycles. The van der Waals surface area contributed by atoms with Crippen molar-refractivity contribution in [2.75, 3.05) is 7.05 Å². The Hall–Kier alpha value is -2.42. The van der Waals surface area contributed by atoms with Gasteiger partial charge >= 0.3 is 6.18 Å². The second kappa shape index (κ2) is 5.34. The molecule has 0 aliphatic heterocycles. The van der Waals surface area contributed by atoms with Gasteiger partial charge in [-0.3, -0.25) is 9.36 Å². The number of imidazole rings is 1. The fourth-order valence-corrected chi connectivity index (χ4v) is 3.15. The number of thiophene rings is 1. The summed E-state index contributed by atoms with van der Waals surface area (Å²) < 4.78 is 41.3. The number of hydrogen-bond donors (Lipinski definition) is 1. The summed E-state index contributed by atoms with van der Waals surface area (Å²) in [6, 6.07) is 0.938. The number of fused-ring (bicyclic) bond motifs is 1. The number of hydrogen-bond acceptors (Lipinski definition) is 4. The standard InChI is InChI=1S/C14H10F3N4OS/c1-7-4-21(6-19-7)10-3-9(14(15,16)17)12-11(20-10)8(5-23-12)13(22)18-2/h3-6H,1H2,2H3,(H,18,22). The number of aromatic nitrogens is 3. The molecule has 1 radical (unpaired) electrons. The summed E-state index contributed by atoms with van der Waals surface area (Å²) in [4.78, 5) is 19.9. The largest absolute Gasteiger partial charge is 0.417 e. The number of amides is 1. The lowest BCUT2D eigenvalue weighted by atomic mass is 10.1. The molecular formula is C14H10F3N4OS. The van der Waals surface area contributed by atoms with Crippen LogP contribution in [0.3, 0.4) is 0 Å². The van der Waals surface area contributed by atoms with E-state index in [0.717, 1.165) is 17.4 Å². The average Bonchev–Trinajstić information content (AvgIpc) is 3.10. The molecule has 9 heteroatoms. The van der Waals surface area contributed by atoms with Crippen LogP contribution in [0.2, 0.25) is 0 Å². The summed E-state index contributed by atoms with van der Waals surface area (Å²) in [7, 11) is 1.41. The van der Waals surface area contributed by atoms with Crippen molar-refractivity contribution in [2.45, 2.75) is 6.18 Å². The minimum atomic E-state index is -4.56. The molecule has 0 saturated heterocycles. The van der Waals surface area contributed by atoms with Crippen LogP contribution < -0.4 is 5.32 Å². The summed E-state index contributed by atoms with van der Waals surface area (Å²) in [5.74, 6) is -0.465. The SMILES string of the molecule is [CH2]c1cn(-c2cc(C(F)(F)F)c3scc(C(=O)NC)c3n2)cn1. The number of rotatable bonds is 2. The highest BCUT2D eigenvalue weighted by Gasteiger charge is 2.35. The highest BCUT2D eigenvalue weighted by atomic mass is 32.1. The van der Waals surface area contributed by atoms with Crippen LogP contribution in [-0.4, -0.2) is 27.5 Å². The number of nitrogens with zero attached hydrogens (tertiary/aromatic N) is 3. The molecule has 23 heavy (non-hydrogen) atoms. The van der Waals surface area contributed by atoms with E-state index in [2.05, 4.69) is 22.2 Å². The lowest BCUT2D eigenvalue weighted by Gasteiger charge is -2.11. The Morgan fingerprint density at radius 2 is 2.17 bits per heavy atom. The minimum absolute atomic E-state index is 0.0125. The van der Waals surface area contributed by atoms with Crippen molar-refractivity contribution in [1.82, 2.24) is 19.9 Å². The molecule has 3 rings (SSSR count). The molecular weight excluding hydrogens is 329 g/mol. The van der Waals surface area contributed by atoms with Crippen molar-refractivity contribution in [1.29, 1.82) is 0 Å². The maximum atomic E-state index is 13.4. The van der Waals surface area contributed by atoms with Crippen molar-refractivity contribution in [3.63, 3.8) is 0 Å². The van der Waals surface area contributed by atoms with Gasteiger partial charge in [0, 0.05) is 18.6 Å². The Bertz CT molecular complexity index is 897. The van der Waals surface area contributed by atoms with Crippen LogP contribution in [0.25, 0.3) is 16.0 Å². The predicted molar refractivity (Wildman–Crippen MR) is 79.6 cm³/mol. The van der Waals surface area contributed by atoms with E-state index in [0.29, 0.717) is 5.69 Å². The number of alkyl halides is 3. The van der Waals surface area contributed by atoms with Gasteiger partial charge < -0.3 is 5.32 Å². The van der Waals surface area contributed by atoms with Gasteiger partial charge in [-0.2, -0.15) is 13.2 Å². The molecule has 0 bridgehead atoms. The van der Waals surface area contributed by atoms with Crippen LogP contribution in [0, 0.1) is 6.92 Å². The smallest absolute Gasteiger partial charge is 0.355 e. The fraction of sp³-hybridized carbons (Fsp3) is 0.143. The number of halogens is 3. The van der Waals surface area contributed by atoms with Crippen molar-refractivity contribution in [3.05, 3.63) is 47.7 Å². The molecule has 1 amide bonds. The van der Waals surface area contributed by atoms with Crippen molar-refractivity contribution in [2.24, 2.45) is 0 Å². The lowest BCUT2D eigenvalue weighted by Crippen LogP contribution is -2.17. The first-order chi connectivity index (χ1) is 10.8. The van der Waals surface area contributed by atoms with Crippen molar-refractivity contribution >= 4 is 27.5 Å². The lowest BCUT2D eigenvalue weighted by molar-refractivity contribution is -0.136. The highest BCUT2D eigenvalue weighted by molar-refractivity contribution is 7.17. The van der Waals surface area contributed by atoms with E-state index in [9.17, 15) is 18.0 Å². The van der Waals surface area contributed by atoms with Crippen LogP contribution in [0.1, 0.15) is 21.6 Å². The Balaban J connectivity index is 2.32. The highest BCUT2D eigenvalue weighted by Crippen LogP contribution is 2.39. The van der Waals surface area contributed by atoms with E-state index >= 15 is 0 Å². The summed E-state index contributed by atoms with van der Waals surface area (Å²) >= 11 is 0.840. The molecule has 3 heterocycles. The molecule has 0 unspecified atom stereocenters. The van der Waals surface area contributed by atoms with Gasteiger partial charge in [0.1, 0.15) is 12.1 Å². The Morgan fingerprint density at radius 1 is 1.43 bits per heavy atom. The van der Waals surface area contributed by atoms with Crippen LogP contribution in [0.4, 0.5) is 13.2 Å². The first-order valence-corrected chi connectivity index (χ1v) is 7.27. The first-order valence-electron chi connectivity index (χ1n) is 6.39. The average molecular weight is 339 g/mol. The zero-order valence-electron chi connectivity index (χ0n) is 11.8. The maximum absolute atomic E-state index is 13.4. The van der Waals surface area contributed by atoms with E-state index in [1.807, 2.05) is 0 Å². The molecule has 0 spiro atoms. The van der Waals surface area contributed by atoms with E-state index in [-0.39, 0.29) is 21.6 Å². The van der Waals surface area contributed by atoms with Gasteiger partial charge in [0.2, 0.25) is 0 Å². The van der Waals surface area contributed by atoms with Crippen LogP contribution in [-0.2, 0) is 6.18 Å². The fourth-order valence-electron chi connectivity index (χ4n) is 2.12. The zero-order chi connectivity index (χ0) is 16.8. The van der Waals surface area contributed by atoms with Crippen molar-refractivity contribution < 1.29 is 18.0 Å². The van der Waals surface area contributed by atoms with E-state index in [1.54, 1.807) is 0 Å². The molecule has 5 nitrogen and oxygen atoms in total. The van der Waals surface area contributed by atoms with Gasteiger partial charge in [-0.1, -0.05) is 0 Å². The Morgan fingerprint density at radius 3 is 2.74 bits per heavy atom. The van der Waals surface area contributed by atoms with Gasteiger partial charge in [0.05, 0.1) is 27.0 Å². The molecule has 0 atom stereocenters. The van der Waals surface area contributed by atoms with Crippen molar-refractivity contribution in [3.8, 4) is 5.82 Å². The third-order valence-corrected chi connectivity index (χ3v) is 4.19. The third kappa shape index (κ3) is 2.67. The van der Waals surface area contributed by atoms with Crippen LogP contribution >= 0.6 is 11.3 Å². The molecule has 0 saturated carbocycles. The monoisotopic (exact) mass is 339 g/mol. The predicted octanol–water partition coefficient (Wildman–Crippen LogP) is 3.04. The molecule has 119 valence electrons. The van der Waals surface area contributed by atoms with Gasteiger partial charge in [-0.15, -0.1) is 11.3 Å². The van der Waals surface area contributed by atoms with E-state index in [1.165, 1.54) is 29.5 Å². The van der Waals surface area contributed by atoms with Gasteiger partial charge in [0.15, 0.2) is 0 Å². The first kappa shape index (κ1) is 15.5. The molecule has 0 aliphatic carbocycles. The van der Waals surface area contributed by atoms with Gasteiger partial charge in [0.25, 0.3) is 5.91 Å². The zero-order valence-corrected chi connectivity index (χ0v) is 12.6. The number of carbonyl (C=O) groups excluding carboxylic acids is 1. The van der Waals surface area contributed by atoms with Gasteiger partial charge in [-0.25, -0.2) is 9.97 Å². The summed E-state index contributed by atoms with van der Waals surface area (Å²) in [5, 5.41) is 3.77. The molecule has 0 fully saturated rings. The Kier molecular flexibility index (Phi) is 3.59. The second-order valence-electron chi connectivity index (χ2n) is 4.70.